The minimum Gasteiger partial charge on any atom is -0.379 e. The third-order valence-corrected chi connectivity index (χ3v) is 5.58. The summed E-state index contributed by atoms with van der Waals surface area (Å²) >= 11 is 2.95. The number of hydrogen-bond donors (Lipinski definition) is 2. The molecule has 1 atom stereocenters. The topological polar surface area (TPSA) is 79.4 Å². The predicted molar refractivity (Wildman–Crippen MR) is 98.9 cm³/mol. The van der Waals surface area contributed by atoms with Crippen LogP contribution in [0, 0.1) is 0 Å². The van der Waals surface area contributed by atoms with Crippen molar-refractivity contribution in [3.05, 3.63) is 0 Å². The fraction of sp³-hybridized carbons (Fsp3) is 0.800. The Labute approximate surface area is 151 Å². The molecule has 136 valence electrons. The van der Waals surface area contributed by atoms with Gasteiger partial charge < -0.3 is 15.4 Å². The molecule has 1 aromatic heterocycles. The second-order valence-corrected chi connectivity index (χ2v) is 8.60. The van der Waals surface area contributed by atoms with Crippen molar-refractivity contribution in [2.75, 3.05) is 44.7 Å². The lowest BCUT2D eigenvalue weighted by molar-refractivity contribution is -0.120. The van der Waals surface area contributed by atoms with Crippen LogP contribution in [0.3, 0.4) is 0 Å². The zero-order valence-electron chi connectivity index (χ0n) is 14.6. The van der Waals surface area contributed by atoms with Crippen LogP contribution in [0.15, 0.2) is 4.34 Å². The van der Waals surface area contributed by atoms with Crippen LogP contribution in [-0.2, 0) is 9.53 Å². The van der Waals surface area contributed by atoms with E-state index >= 15 is 0 Å². The summed E-state index contributed by atoms with van der Waals surface area (Å²) in [6.45, 7) is 11.5. The van der Waals surface area contributed by atoms with Crippen LogP contribution in [0.5, 0.6) is 0 Å². The molecule has 0 unspecified atom stereocenters. The molecule has 1 aliphatic heterocycles. The summed E-state index contributed by atoms with van der Waals surface area (Å²) in [5, 5.41) is 15.2. The van der Waals surface area contributed by atoms with Gasteiger partial charge in [0.1, 0.15) is 0 Å². The first kappa shape index (κ1) is 19.4. The molecule has 1 fully saturated rings. The van der Waals surface area contributed by atoms with E-state index in [1.807, 2.05) is 20.8 Å². The third-order valence-electron chi connectivity index (χ3n) is 3.52. The molecule has 7 nitrogen and oxygen atoms in total. The Kier molecular flexibility index (Phi) is 8.23. The van der Waals surface area contributed by atoms with Crippen molar-refractivity contribution in [2.24, 2.45) is 0 Å². The van der Waals surface area contributed by atoms with Crippen LogP contribution >= 0.6 is 23.1 Å². The van der Waals surface area contributed by atoms with Crippen molar-refractivity contribution in [1.82, 2.24) is 20.4 Å². The van der Waals surface area contributed by atoms with Crippen molar-refractivity contribution in [2.45, 2.75) is 42.8 Å². The van der Waals surface area contributed by atoms with Gasteiger partial charge in [-0.1, -0.05) is 23.1 Å². The smallest absolute Gasteiger partial charge is 0.233 e. The summed E-state index contributed by atoms with van der Waals surface area (Å²) in [6, 6.07) is 0.152. The maximum Gasteiger partial charge on any atom is 0.233 e. The normalized spacial score (nSPS) is 17.0. The molecule has 2 heterocycles. The van der Waals surface area contributed by atoms with Crippen molar-refractivity contribution < 1.29 is 9.53 Å². The zero-order chi connectivity index (χ0) is 17.4. The SMILES string of the molecule is CC(C)NC(=O)[C@H](C)Sc1nnc(NCCCN2CCOCC2)s1. The Morgan fingerprint density at radius 2 is 2.08 bits per heavy atom. The van der Waals surface area contributed by atoms with Gasteiger partial charge in [-0.3, -0.25) is 9.69 Å². The Morgan fingerprint density at radius 1 is 1.33 bits per heavy atom. The molecule has 0 radical (unpaired) electrons. The number of carbonyl (C=O) groups excluding carboxylic acids is 1. The van der Waals surface area contributed by atoms with Crippen LogP contribution in [-0.4, -0.2) is 71.7 Å². The number of anilines is 1. The average Bonchev–Trinajstić information content (AvgIpc) is 2.99. The zero-order valence-corrected chi connectivity index (χ0v) is 16.2. The van der Waals surface area contributed by atoms with E-state index in [9.17, 15) is 4.79 Å². The number of nitrogens with one attached hydrogen (secondary N) is 2. The molecule has 0 bridgehead atoms. The van der Waals surface area contributed by atoms with Crippen LogP contribution in [0.2, 0.25) is 0 Å². The van der Waals surface area contributed by atoms with Gasteiger partial charge in [-0.05, 0) is 33.7 Å². The Balaban J connectivity index is 1.66. The number of thioether (sulfide) groups is 1. The maximum atomic E-state index is 11.9. The van der Waals surface area contributed by atoms with E-state index in [0.717, 1.165) is 55.3 Å². The summed E-state index contributed by atoms with van der Waals surface area (Å²) < 4.78 is 6.16. The maximum absolute atomic E-state index is 11.9. The molecular weight excluding hydrogens is 346 g/mol. The molecule has 24 heavy (non-hydrogen) atoms. The number of aromatic nitrogens is 2. The van der Waals surface area contributed by atoms with Gasteiger partial charge in [0.25, 0.3) is 0 Å². The van der Waals surface area contributed by atoms with Gasteiger partial charge in [-0.25, -0.2) is 0 Å². The third kappa shape index (κ3) is 6.92. The fourth-order valence-corrected chi connectivity index (χ4v) is 4.19. The summed E-state index contributed by atoms with van der Waals surface area (Å²) in [4.78, 5) is 14.3. The lowest BCUT2D eigenvalue weighted by atomic mass is 10.3. The molecule has 1 saturated heterocycles. The van der Waals surface area contributed by atoms with Gasteiger partial charge in [0.15, 0.2) is 4.34 Å². The van der Waals surface area contributed by atoms with E-state index in [1.54, 1.807) is 0 Å². The lowest BCUT2D eigenvalue weighted by Gasteiger charge is -2.26. The number of ether oxygens (including phenoxy) is 1. The molecule has 1 aromatic rings. The molecule has 0 aromatic carbocycles. The number of nitrogens with zero attached hydrogens (tertiary/aromatic N) is 3. The minimum absolute atomic E-state index is 0.0326. The van der Waals surface area contributed by atoms with Gasteiger partial charge in [0.2, 0.25) is 11.0 Å². The molecule has 0 aliphatic carbocycles. The monoisotopic (exact) mass is 373 g/mol. The summed E-state index contributed by atoms with van der Waals surface area (Å²) in [6.07, 6.45) is 1.06. The van der Waals surface area contributed by atoms with Crippen molar-refractivity contribution >= 4 is 34.1 Å². The predicted octanol–water partition coefficient (Wildman–Crippen LogP) is 1.68. The molecule has 2 rings (SSSR count). The van der Waals surface area contributed by atoms with Gasteiger partial charge >= 0.3 is 0 Å². The van der Waals surface area contributed by atoms with Gasteiger partial charge in [-0.2, -0.15) is 0 Å². The van der Waals surface area contributed by atoms with E-state index in [4.69, 9.17) is 4.74 Å². The van der Waals surface area contributed by atoms with Crippen LogP contribution in [0.25, 0.3) is 0 Å². The number of amides is 1. The second-order valence-electron chi connectivity index (χ2n) is 6.03. The lowest BCUT2D eigenvalue weighted by Crippen LogP contribution is -2.37. The highest BCUT2D eigenvalue weighted by Crippen LogP contribution is 2.28. The Bertz CT molecular complexity index is 506. The molecular formula is C15H27N5O2S2. The van der Waals surface area contributed by atoms with Gasteiger partial charge in [-0.15, -0.1) is 10.2 Å². The molecule has 9 heteroatoms. The standard InChI is InChI=1S/C15H27N5O2S2/c1-11(2)17-13(21)12(3)23-15-19-18-14(24-15)16-5-4-6-20-7-9-22-10-8-20/h11-12H,4-10H2,1-3H3,(H,16,18)(H,17,21)/t12-/m0/s1. The minimum atomic E-state index is -0.172. The Hall–Kier alpha value is -0.900. The first-order valence-corrected chi connectivity index (χ1v) is 10.1. The average molecular weight is 374 g/mol. The highest BCUT2D eigenvalue weighted by Gasteiger charge is 2.17. The summed E-state index contributed by atoms with van der Waals surface area (Å²) in [7, 11) is 0. The van der Waals surface area contributed by atoms with E-state index in [0.29, 0.717) is 0 Å². The first-order chi connectivity index (χ1) is 11.5. The number of morpholine rings is 1. The second kappa shape index (κ2) is 10.2. The van der Waals surface area contributed by atoms with Crippen molar-refractivity contribution in [1.29, 1.82) is 0 Å². The number of rotatable bonds is 9. The van der Waals surface area contributed by atoms with E-state index < -0.39 is 0 Å². The number of carbonyl (C=O) groups is 1. The highest BCUT2D eigenvalue weighted by molar-refractivity contribution is 8.02. The molecule has 1 amide bonds. The quantitative estimate of drug-likeness (QED) is 0.503. The molecule has 1 aliphatic rings. The van der Waals surface area contributed by atoms with Gasteiger partial charge in [0, 0.05) is 25.7 Å². The van der Waals surface area contributed by atoms with Crippen LogP contribution < -0.4 is 10.6 Å². The summed E-state index contributed by atoms with van der Waals surface area (Å²) in [5.41, 5.74) is 0. The molecule has 0 spiro atoms. The van der Waals surface area contributed by atoms with Crippen molar-refractivity contribution in [3.8, 4) is 0 Å². The van der Waals surface area contributed by atoms with E-state index in [2.05, 4.69) is 25.7 Å². The Morgan fingerprint density at radius 3 is 2.79 bits per heavy atom. The van der Waals surface area contributed by atoms with Crippen LogP contribution in [0.1, 0.15) is 27.2 Å². The van der Waals surface area contributed by atoms with Crippen LogP contribution in [0.4, 0.5) is 5.13 Å². The van der Waals surface area contributed by atoms with E-state index in [-0.39, 0.29) is 17.2 Å². The fourth-order valence-electron chi connectivity index (χ4n) is 2.26. The highest BCUT2D eigenvalue weighted by atomic mass is 32.2. The van der Waals surface area contributed by atoms with Gasteiger partial charge in [0.05, 0.1) is 18.5 Å². The number of hydrogen-bond acceptors (Lipinski definition) is 8. The summed E-state index contributed by atoms with van der Waals surface area (Å²) in [5.74, 6) is 0.0326. The molecule has 0 saturated carbocycles. The van der Waals surface area contributed by atoms with Crippen molar-refractivity contribution in [3.63, 3.8) is 0 Å². The largest absolute Gasteiger partial charge is 0.379 e. The molecule has 2 N–H and O–H groups in total. The van der Waals surface area contributed by atoms with E-state index in [1.165, 1.54) is 23.1 Å². The first-order valence-electron chi connectivity index (χ1n) is 8.39.